The van der Waals surface area contributed by atoms with Gasteiger partial charge in [0.15, 0.2) is 0 Å². The lowest BCUT2D eigenvalue weighted by molar-refractivity contribution is -0.122. The fourth-order valence-electron chi connectivity index (χ4n) is 3.46. The molecule has 3 heterocycles. The van der Waals surface area contributed by atoms with Gasteiger partial charge in [0.05, 0.1) is 16.3 Å². The zero-order chi connectivity index (χ0) is 18.6. The van der Waals surface area contributed by atoms with Crippen LogP contribution in [0.25, 0.3) is 0 Å². The van der Waals surface area contributed by atoms with E-state index in [1.165, 1.54) is 0 Å². The second-order valence-electron chi connectivity index (χ2n) is 7.32. The Labute approximate surface area is 163 Å². The summed E-state index contributed by atoms with van der Waals surface area (Å²) in [6.45, 7) is 2.14. The number of aromatic nitrogens is 2. The molecular formula is C20H24N4O2S. The lowest BCUT2D eigenvalue weighted by Gasteiger charge is -2.31. The van der Waals surface area contributed by atoms with Crippen molar-refractivity contribution >= 4 is 23.2 Å². The fourth-order valence-corrected chi connectivity index (χ4v) is 4.45. The highest BCUT2D eigenvalue weighted by atomic mass is 32.1. The van der Waals surface area contributed by atoms with Crippen molar-refractivity contribution in [2.45, 2.75) is 38.0 Å². The van der Waals surface area contributed by atoms with E-state index in [2.05, 4.69) is 15.7 Å². The highest BCUT2D eigenvalue weighted by Crippen LogP contribution is 2.30. The number of hydrogen-bond acceptors (Lipinski definition) is 5. The van der Waals surface area contributed by atoms with Crippen LogP contribution in [0, 0.1) is 5.92 Å². The molecule has 6 nitrogen and oxygen atoms in total. The first-order chi connectivity index (χ1) is 13.2. The largest absolute Gasteiger partial charge is 0.355 e. The average molecular weight is 385 g/mol. The van der Waals surface area contributed by atoms with Crippen LogP contribution in [0.4, 0.5) is 0 Å². The number of carbonyl (C=O) groups excluding carboxylic acids is 2. The van der Waals surface area contributed by atoms with Crippen molar-refractivity contribution in [2.24, 2.45) is 5.92 Å². The second-order valence-corrected chi connectivity index (χ2v) is 8.21. The molecule has 0 bridgehead atoms. The van der Waals surface area contributed by atoms with Crippen molar-refractivity contribution in [3.8, 4) is 0 Å². The van der Waals surface area contributed by atoms with Gasteiger partial charge >= 0.3 is 0 Å². The lowest BCUT2D eigenvalue weighted by Crippen LogP contribution is -2.39. The van der Waals surface area contributed by atoms with Crippen molar-refractivity contribution in [3.63, 3.8) is 0 Å². The van der Waals surface area contributed by atoms with Crippen LogP contribution in [-0.4, -0.2) is 46.3 Å². The zero-order valence-corrected chi connectivity index (χ0v) is 16.1. The molecule has 1 aliphatic carbocycles. The van der Waals surface area contributed by atoms with Crippen molar-refractivity contribution in [2.75, 3.05) is 19.6 Å². The zero-order valence-electron chi connectivity index (χ0n) is 15.3. The minimum absolute atomic E-state index is 0.0485. The number of rotatable bonds is 6. The van der Waals surface area contributed by atoms with Crippen LogP contribution in [0.1, 0.15) is 52.7 Å². The van der Waals surface area contributed by atoms with Crippen LogP contribution in [0.15, 0.2) is 29.9 Å². The van der Waals surface area contributed by atoms with Gasteiger partial charge in [0.1, 0.15) is 0 Å². The molecule has 142 valence electrons. The Bertz CT molecular complexity index is 803. The normalized spacial score (nSPS) is 19.7. The number of pyridine rings is 1. The summed E-state index contributed by atoms with van der Waals surface area (Å²) in [7, 11) is 0. The number of piperidine rings is 1. The highest BCUT2D eigenvalue weighted by Gasteiger charge is 2.29. The summed E-state index contributed by atoms with van der Waals surface area (Å²) in [5.41, 5.74) is 1.67. The highest BCUT2D eigenvalue weighted by molar-refractivity contribution is 7.09. The van der Waals surface area contributed by atoms with Gasteiger partial charge in [-0.1, -0.05) is 0 Å². The molecule has 1 saturated heterocycles. The number of nitrogens with zero attached hydrogens (tertiary/aromatic N) is 3. The minimum Gasteiger partial charge on any atom is -0.355 e. The molecular weight excluding hydrogens is 360 g/mol. The first-order valence-corrected chi connectivity index (χ1v) is 10.5. The van der Waals surface area contributed by atoms with Crippen LogP contribution in [0.3, 0.4) is 0 Å². The van der Waals surface area contributed by atoms with E-state index in [0.29, 0.717) is 24.6 Å². The number of carbonyl (C=O) groups is 2. The van der Waals surface area contributed by atoms with E-state index in [9.17, 15) is 9.59 Å². The maximum atomic E-state index is 12.7. The molecule has 1 unspecified atom stereocenters. The number of likely N-dealkylation sites (tertiary alicyclic amines) is 1. The second kappa shape index (κ2) is 8.17. The molecule has 0 aromatic carbocycles. The van der Waals surface area contributed by atoms with Crippen molar-refractivity contribution in [3.05, 3.63) is 46.2 Å². The third-order valence-electron chi connectivity index (χ3n) is 5.16. The molecule has 1 atom stereocenters. The Morgan fingerprint density at radius 1 is 1.30 bits per heavy atom. The Morgan fingerprint density at radius 2 is 2.19 bits per heavy atom. The number of nitrogens with one attached hydrogen (secondary N) is 1. The average Bonchev–Trinajstić information content (AvgIpc) is 3.47. The maximum Gasteiger partial charge on any atom is 0.255 e. The summed E-state index contributed by atoms with van der Waals surface area (Å²) in [5.74, 6) is 0.774. The number of amides is 2. The van der Waals surface area contributed by atoms with Crippen molar-refractivity contribution < 1.29 is 9.59 Å². The molecule has 1 aliphatic heterocycles. The number of thiazole rings is 1. The van der Waals surface area contributed by atoms with Gasteiger partial charge in [0, 0.05) is 55.7 Å². The van der Waals surface area contributed by atoms with Crippen LogP contribution >= 0.6 is 11.3 Å². The Morgan fingerprint density at radius 3 is 2.96 bits per heavy atom. The van der Waals surface area contributed by atoms with Crippen molar-refractivity contribution in [1.29, 1.82) is 0 Å². The molecule has 7 heteroatoms. The standard InChI is InChI=1S/C20H24N4O2S/c25-18(14-5-6-14)22-9-7-17-13-27-19(23-17)16-4-2-10-24(12-16)20(26)15-3-1-8-21-11-15/h1,3,8,11,13-14,16H,2,4-7,9-10,12H2,(H,22,25). The first-order valence-electron chi connectivity index (χ1n) is 9.62. The van der Waals surface area contributed by atoms with Crippen LogP contribution in [0.2, 0.25) is 0 Å². The predicted molar refractivity (Wildman–Crippen MR) is 104 cm³/mol. The maximum absolute atomic E-state index is 12.7. The molecule has 0 spiro atoms. The molecule has 2 aromatic heterocycles. The van der Waals surface area contributed by atoms with Gasteiger partial charge in [-0.05, 0) is 37.8 Å². The SMILES string of the molecule is O=C(NCCc1csc(C2CCCN(C(=O)c3cccnc3)C2)n1)C1CC1. The molecule has 0 radical (unpaired) electrons. The lowest BCUT2D eigenvalue weighted by atomic mass is 9.98. The summed E-state index contributed by atoms with van der Waals surface area (Å²) in [4.78, 5) is 35.1. The van der Waals surface area contributed by atoms with Gasteiger partial charge in [0.25, 0.3) is 5.91 Å². The molecule has 2 fully saturated rings. The third kappa shape index (κ3) is 4.53. The summed E-state index contributed by atoms with van der Waals surface area (Å²) in [6.07, 6.45) is 8.18. The summed E-state index contributed by atoms with van der Waals surface area (Å²) in [6, 6.07) is 3.61. The summed E-state index contributed by atoms with van der Waals surface area (Å²) in [5, 5.41) is 6.17. The molecule has 2 amide bonds. The Kier molecular flexibility index (Phi) is 5.48. The Hall–Kier alpha value is -2.28. The van der Waals surface area contributed by atoms with E-state index in [1.54, 1.807) is 29.8 Å². The molecule has 4 rings (SSSR count). The van der Waals surface area contributed by atoms with E-state index in [1.807, 2.05) is 11.0 Å². The van der Waals surface area contributed by atoms with Gasteiger partial charge in [0.2, 0.25) is 5.91 Å². The van der Waals surface area contributed by atoms with E-state index in [4.69, 9.17) is 4.98 Å². The van der Waals surface area contributed by atoms with Gasteiger partial charge < -0.3 is 10.2 Å². The monoisotopic (exact) mass is 384 g/mol. The van der Waals surface area contributed by atoms with Crippen molar-refractivity contribution in [1.82, 2.24) is 20.2 Å². The number of hydrogen-bond donors (Lipinski definition) is 1. The fraction of sp³-hybridized carbons (Fsp3) is 0.500. The molecule has 27 heavy (non-hydrogen) atoms. The van der Waals surface area contributed by atoms with Gasteiger partial charge in [-0.15, -0.1) is 11.3 Å². The van der Waals surface area contributed by atoms with E-state index >= 15 is 0 Å². The smallest absolute Gasteiger partial charge is 0.255 e. The first kappa shape index (κ1) is 18.1. The van der Waals surface area contributed by atoms with Gasteiger partial charge in [-0.3, -0.25) is 14.6 Å². The quantitative estimate of drug-likeness (QED) is 0.831. The van der Waals surface area contributed by atoms with E-state index < -0.39 is 0 Å². The summed E-state index contributed by atoms with van der Waals surface area (Å²) >= 11 is 1.67. The van der Waals surface area contributed by atoms with Crippen LogP contribution in [-0.2, 0) is 11.2 Å². The van der Waals surface area contributed by atoms with E-state index in [0.717, 1.165) is 49.4 Å². The topological polar surface area (TPSA) is 75.2 Å². The molecule has 1 saturated carbocycles. The third-order valence-corrected chi connectivity index (χ3v) is 6.22. The predicted octanol–water partition coefficient (Wildman–Crippen LogP) is 2.63. The molecule has 2 aliphatic rings. The Balaban J connectivity index is 1.32. The van der Waals surface area contributed by atoms with Crippen LogP contribution in [0.5, 0.6) is 0 Å². The molecule has 2 aromatic rings. The van der Waals surface area contributed by atoms with Gasteiger partial charge in [-0.2, -0.15) is 0 Å². The van der Waals surface area contributed by atoms with E-state index in [-0.39, 0.29) is 17.7 Å². The summed E-state index contributed by atoms with van der Waals surface area (Å²) < 4.78 is 0. The van der Waals surface area contributed by atoms with Crippen LogP contribution < -0.4 is 5.32 Å². The minimum atomic E-state index is 0.0485. The van der Waals surface area contributed by atoms with Gasteiger partial charge in [-0.25, -0.2) is 4.98 Å². The molecule has 1 N–H and O–H groups in total.